The lowest BCUT2D eigenvalue weighted by Gasteiger charge is -2.35. The molecule has 0 unspecified atom stereocenters. The molecule has 4 rings (SSSR count). The van der Waals surface area contributed by atoms with Gasteiger partial charge in [0.25, 0.3) is 0 Å². The van der Waals surface area contributed by atoms with E-state index in [4.69, 9.17) is 28.6 Å². The first-order valence-electron chi connectivity index (χ1n) is 10.2. The van der Waals surface area contributed by atoms with E-state index >= 15 is 0 Å². The van der Waals surface area contributed by atoms with Crippen LogP contribution in [0.1, 0.15) is 12.8 Å². The number of cyclic esters (lactones) is 1. The molecular formula is C19H23ClF2N4O4S2. The fourth-order valence-corrected chi connectivity index (χ4v) is 5.40. The number of thiocarbonyl (C=S) groups is 1. The highest BCUT2D eigenvalue weighted by molar-refractivity contribution is 7.90. The highest BCUT2D eigenvalue weighted by atomic mass is 35.5. The summed E-state index contributed by atoms with van der Waals surface area (Å²) in [5, 5.41) is 2.55. The van der Waals surface area contributed by atoms with Crippen LogP contribution in [-0.2, 0) is 14.8 Å². The Bertz CT molecular complexity index is 994. The highest BCUT2D eigenvalue weighted by Crippen LogP contribution is 2.32. The lowest BCUT2D eigenvalue weighted by molar-refractivity contribution is 0.143. The molecule has 2 aliphatic heterocycles. The molecular weight excluding hydrogens is 486 g/mol. The van der Waals surface area contributed by atoms with Crippen LogP contribution in [0.25, 0.3) is 0 Å². The maximum atomic E-state index is 14.9. The van der Waals surface area contributed by atoms with Crippen molar-refractivity contribution >= 4 is 56.3 Å². The molecule has 0 aromatic heterocycles. The number of carbonyl (C=O) groups is 1. The monoisotopic (exact) mass is 508 g/mol. The van der Waals surface area contributed by atoms with Gasteiger partial charge in [-0.25, -0.2) is 22.0 Å². The molecule has 1 aromatic rings. The van der Waals surface area contributed by atoms with Gasteiger partial charge in [0.05, 0.1) is 23.8 Å². The molecule has 0 radical (unpaired) electrons. The number of ether oxygens (including phenoxy) is 1. The predicted octanol–water partition coefficient (Wildman–Crippen LogP) is 2.27. The predicted molar refractivity (Wildman–Crippen MR) is 121 cm³/mol. The van der Waals surface area contributed by atoms with Crippen molar-refractivity contribution < 1.29 is 26.7 Å². The van der Waals surface area contributed by atoms with Gasteiger partial charge < -0.3 is 15.0 Å². The van der Waals surface area contributed by atoms with Crippen molar-refractivity contribution in [2.75, 3.05) is 54.3 Å². The number of halogens is 3. The first-order chi connectivity index (χ1) is 15.2. The molecule has 3 fully saturated rings. The second kappa shape index (κ2) is 9.24. The van der Waals surface area contributed by atoms with Crippen molar-refractivity contribution in [3.8, 4) is 0 Å². The Balaban J connectivity index is 1.41. The van der Waals surface area contributed by atoms with Crippen LogP contribution in [0, 0.1) is 17.6 Å². The zero-order valence-corrected chi connectivity index (χ0v) is 19.5. The van der Waals surface area contributed by atoms with Gasteiger partial charge in [0.15, 0.2) is 11.6 Å². The Kier molecular flexibility index (Phi) is 6.76. The van der Waals surface area contributed by atoms with Crippen LogP contribution < -0.4 is 15.1 Å². The van der Waals surface area contributed by atoms with Gasteiger partial charge in [0.2, 0.25) is 10.0 Å². The number of benzene rings is 1. The van der Waals surface area contributed by atoms with E-state index in [0.29, 0.717) is 12.5 Å². The molecule has 176 valence electrons. The quantitative estimate of drug-likeness (QED) is 0.447. The van der Waals surface area contributed by atoms with Gasteiger partial charge in [-0.15, -0.1) is 11.6 Å². The maximum Gasteiger partial charge on any atom is 0.414 e. The molecule has 0 bridgehead atoms. The number of carbonyl (C=O) groups excluding carboxylic acids is 1. The van der Waals surface area contributed by atoms with E-state index in [-0.39, 0.29) is 44.1 Å². The van der Waals surface area contributed by atoms with E-state index in [1.807, 2.05) is 0 Å². The van der Waals surface area contributed by atoms with Gasteiger partial charge in [0, 0.05) is 44.2 Å². The first-order valence-corrected chi connectivity index (χ1v) is 12.8. The minimum Gasteiger partial charge on any atom is -0.442 e. The van der Waals surface area contributed by atoms with Crippen LogP contribution in [0.15, 0.2) is 12.1 Å². The number of anilines is 2. The van der Waals surface area contributed by atoms with Crippen molar-refractivity contribution in [1.29, 1.82) is 0 Å². The highest BCUT2D eigenvalue weighted by Gasteiger charge is 2.35. The molecule has 1 atom stereocenters. The smallest absolute Gasteiger partial charge is 0.414 e. The fraction of sp³-hybridized carbons (Fsp3) is 0.579. The number of hydrogen-bond acceptors (Lipinski definition) is 6. The topological polar surface area (TPSA) is 82.2 Å². The average molecular weight is 509 g/mol. The Morgan fingerprint density at radius 1 is 1.19 bits per heavy atom. The third kappa shape index (κ3) is 4.92. The van der Waals surface area contributed by atoms with Gasteiger partial charge >= 0.3 is 6.09 Å². The molecule has 32 heavy (non-hydrogen) atoms. The molecule has 1 aliphatic carbocycles. The molecule has 2 heterocycles. The lowest BCUT2D eigenvalue weighted by Crippen LogP contribution is -2.49. The van der Waals surface area contributed by atoms with Crippen LogP contribution in [0.5, 0.6) is 0 Å². The molecule has 1 N–H and O–H groups in total. The number of piperazine rings is 1. The number of nitrogens with zero attached hydrogens (tertiary/aromatic N) is 3. The zero-order valence-electron chi connectivity index (χ0n) is 17.1. The summed E-state index contributed by atoms with van der Waals surface area (Å²) < 4.78 is 60.0. The second-order valence-electron chi connectivity index (χ2n) is 8.00. The number of nitrogens with one attached hydrogen (secondary N) is 1. The van der Waals surface area contributed by atoms with Crippen LogP contribution in [0.2, 0.25) is 0 Å². The van der Waals surface area contributed by atoms with Gasteiger partial charge in [-0.3, -0.25) is 4.90 Å². The van der Waals surface area contributed by atoms with Crippen molar-refractivity contribution in [3.05, 3.63) is 23.8 Å². The molecule has 1 aromatic carbocycles. The van der Waals surface area contributed by atoms with Crippen LogP contribution in [0.4, 0.5) is 25.0 Å². The average Bonchev–Trinajstić information content (AvgIpc) is 3.54. The van der Waals surface area contributed by atoms with Crippen molar-refractivity contribution in [3.63, 3.8) is 0 Å². The first kappa shape index (κ1) is 23.4. The van der Waals surface area contributed by atoms with Crippen LogP contribution in [0.3, 0.4) is 0 Å². The molecule has 1 saturated carbocycles. The molecule has 3 aliphatic rings. The second-order valence-corrected chi connectivity index (χ2v) is 11.0. The van der Waals surface area contributed by atoms with Crippen LogP contribution >= 0.6 is 23.8 Å². The lowest BCUT2D eigenvalue weighted by atomic mass is 10.2. The maximum absolute atomic E-state index is 14.9. The summed E-state index contributed by atoms with van der Waals surface area (Å²) in [5.41, 5.74) is -0.193. The fourth-order valence-electron chi connectivity index (χ4n) is 3.81. The third-order valence-electron chi connectivity index (χ3n) is 5.73. The summed E-state index contributed by atoms with van der Waals surface area (Å²) in [4.78, 5) is 15.6. The SMILES string of the molecule is O=C1O[C@@H](CNC(=S)C2CC2)CN1c1cc(F)c(N2CCN(S(=O)(=O)CCl)CC2)c(F)c1. The van der Waals surface area contributed by atoms with Crippen molar-refractivity contribution in [1.82, 2.24) is 9.62 Å². The van der Waals surface area contributed by atoms with Gasteiger partial charge in [-0.2, -0.15) is 4.31 Å². The van der Waals surface area contributed by atoms with E-state index in [0.717, 1.165) is 30.0 Å². The van der Waals surface area contributed by atoms with Crippen molar-refractivity contribution in [2.24, 2.45) is 5.92 Å². The van der Waals surface area contributed by atoms with Crippen molar-refractivity contribution in [2.45, 2.75) is 18.9 Å². The number of hydrogen-bond donors (Lipinski definition) is 1. The number of rotatable bonds is 7. The Hall–Kier alpha value is -1.76. The Labute approximate surface area is 195 Å². The summed E-state index contributed by atoms with van der Waals surface area (Å²) in [5.74, 6) is -1.28. The molecule has 13 heteroatoms. The summed E-state index contributed by atoms with van der Waals surface area (Å²) in [7, 11) is -3.57. The summed E-state index contributed by atoms with van der Waals surface area (Å²) >= 11 is 10.7. The number of sulfonamides is 1. The normalized spacial score (nSPS) is 22.2. The zero-order chi connectivity index (χ0) is 23.0. The number of alkyl halides is 1. The van der Waals surface area contributed by atoms with E-state index in [9.17, 15) is 22.0 Å². The summed E-state index contributed by atoms with van der Waals surface area (Å²) in [6.07, 6.45) is 0.956. The molecule has 0 spiro atoms. The Morgan fingerprint density at radius 3 is 2.38 bits per heavy atom. The van der Waals surface area contributed by atoms with E-state index in [2.05, 4.69) is 5.32 Å². The molecule has 2 saturated heterocycles. The van der Waals surface area contributed by atoms with E-state index in [1.54, 1.807) is 0 Å². The molecule has 8 nitrogen and oxygen atoms in total. The molecule has 1 amide bonds. The standard InChI is InChI=1S/C19H23ClF2N4O4S2/c20-11-32(28,29)25-5-3-24(4-6-25)17-15(21)7-13(8-16(17)22)26-10-14(30-19(26)27)9-23-18(31)12-1-2-12/h7-8,12,14H,1-6,9-11H2,(H,23,31)/t14-/m0/s1. The minimum atomic E-state index is -3.57. The minimum absolute atomic E-state index is 0.0596. The summed E-state index contributed by atoms with van der Waals surface area (Å²) in [6, 6.07) is 2.18. The number of amides is 1. The van der Waals surface area contributed by atoms with Gasteiger partial charge in [-0.05, 0) is 12.8 Å². The summed E-state index contributed by atoms with van der Waals surface area (Å²) in [6.45, 7) is 0.868. The van der Waals surface area contributed by atoms with Gasteiger partial charge in [0.1, 0.15) is 17.0 Å². The van der Waals surface area contributed by atoms with E-state index in [1.165, 1.54) is 14.1 Å². The largest absolute Gasteiger partial charge is 0.442 e. The van der Waals surface area contributed by atoms with Gasteiger partial charge in [-0.1, -0.05) is 12.2 Å². The van der Waals surface area contributed by atoms with Crippen LogP contribution in [-0.4, -0.2) is 74.4 Å². The Morgan fingerprint density at radius 2 is 1.81 bits per heavy atom. The third-order valence-corrected chi connectivity index (χ3v) is 8.46. The van der Waals surface area contributed by atoms with E-state index < -0.39 is 39.1 Å².